The zero-order valence-electron chi connectivity index (χ0n) is 7.16. The number of nitrogens with two attached hydrogens (primary N) is 2. The van der Waals surface area contributed by atoms with Crippen LogP contribution in [0.1, 0.15) is 10.5 Å². The van der Waals surface area contributed by atoms with Crippen LogP contribution in [0, 0.1) is 0 Å². The standard InChI is InChI=1S/C8H12N4O/c9-2-4-11-6-1-3-12-7(5-6)8(10)13/h1,3,5H,2,4,9H2,(H2,10,13)(H,11,12). The summed E-state index contributed by atoms with van der Waals surface area (Å²) in [6, 6.07) is 3.35. The minimum absolute atomic E-state index is 0.252. The van der Waals surface area contributed by atoms with Gasteiger partial charge in [-0.1, -0.05) is 0 Å². The second kappa shape index (κ2) is 4.42. The molecule has 5 heteroatoms. The first-order valence-corrected chi connectivity index (χ1v) is 3.94. The fraction of sp³-hybridized carbons (Fsp3) is 0.250. The van der Waals surface area contributed by atoms with Crippen molar-refractivity contribution >= 4 is 11.6 Å². The number of carbonyl (C=O) groups excluding carboxylic acids is 1. The lowest BCUT2D eigenvalue weighted by molar-refractivity contribution is 0.0995. The lowest BCUT2D eigenvalue weighted by Gasteiger charge is -2.04. The van der Waals surface area contributed by atoms with E-state index in [1.54, 1.807) is 12.1 Å². The SMILES string of the molecule is NCCNc1ccnc(C(N)=O)c1. The molecule has 0 saturated carbocycles. The summed E-state index contributed by atoms with van der Waals surface area (Å²) < 4.78 is 0. The maximum atomic E-state index is 10.7. The van der Waals surface area contributed by atoms with Crippen molar-refractivity contribution in [1.29, 1.82) is 0 Å². The fourth-order valence-corrected chi connectivity index (χ4v) is 0.892. The molecule has 0 atom stereocenters. The molecule has 0 unspecified atom stereocenters. The molecule has 1 aromatic rings. The predicted molar refractivity (Wildman–Crippen MR) is 50.3 cm³/mol. The largest absolute Gasteiger partial charge is 0.384 e. The number of pyridine rings is 1. The quantitative estimate of drug-likeness (QED) is 0.585. The van der Waals surface area contributed by atoms with Crippen molar-refractivity contribution in [2.24, 2.45) is 11.5 Å². The third-order valence-electron chi connectivity index (χ3n) is 1.49. The van der Waals surface area contributed by atoms with Gasteiger partial charge in [-0.15, -0.1) is 0 Å². The fourth-order valence-electron chi connectivity index (χ4n) is 0.892. The molecule has 1 amide bonds. The van der Waals surface area contributed by atoms with Crippen LogP contribution in [0.3, 0.4) is 0 Å². The molecule has 0 aliphatic carbocycles. The summed E-state index contributed by atoms with van der Waals surface area (Å²) in [6.45, 7) is 1.19. The van der Waals surface area contributed by atoms with E-state index in [0.29, 0.717) is 13.1 Å². The van der Waals surface area contributed by atoms with Gasteiger partial charge in [-0.05, 0) is 12.1 Å². The van der Waals surface area contributed by atoms with Crippen LogP contribution in [-0.4, -0.2) is 24.0 Å². The van der Waals surface area contributed by atoms with E-state index in [0.717, 1.165) is 5.69 Å². The van der Waals surface area contributed by atoms with Crippen molar-refractivity contribution in [3.05, 3.63) is 24.0 Å². The van der Waals surface area contributed by atoms with Crippen LogP contribution >= 0.6 is 0 Å². The van der Waals surface area contributed by atoms with Gasteiger partial charge in [0, 0.05) is 25.0 Å². The van der Waals surface area contributed by atoms with Crippen LogP contribution in [0.5, 0.6) is 0 Å². The Labute approximate surface area is 76.1 Å². The van der Waals surface area contributed by atoms with Gasteiger partial charge >= 0.3 is 0 Å². The Morgan fingerprint density at radius 3 is 3.00 bits per heavy atom. The molecule has 13 heavy (non-hydrogen) atoms. The van der Waals surface area contributed by atoms with Gasteiger partial charge in [0.15, 0.2) is 0 Å². The van der Waals surface area contributed by atoms with Gasteiger partial charge < -0.3 is 16.8 Å². The van der Waals surface area contributed by atoms with Gasteiger partial charge in [0.2, 0.25) is 0 Å². The molecule has 1 rings (SSSR count). The maximum absolute atomic E-state index is 10.7. The molecule has 0 aromatic carbocycles. The molecular formula is C8H12N4O. The summed E-state index contributed by atoms with van der Waals surface area (Å²) in [5, 5.41) is 3.02. The molecule has 0 aliphatic heterocycles. The van der Waals surface area contributed by atoms with Crippen LogP contribution in [0.25, 0.3) is 0 Å². The van der Waals surface area contributed by atoms with Crippen LogP contribution in [-0.2, 0) is 0 Å². The van der Waals surface area contributed by atoms with E-state index in [9.17, 15) is 4.79 Å². The number of nitrogens with zero attached hydrogens (tertiary/aromatic N) is 1. The molecule has 0 bridgehead atoms. The Morgan fingerprint density at radius 2 is 2.38 bits per heavy atom. The first-order chi connectivity index (χ1) is 6.24. The highest BCUT2D eigenvalue weighted by atomic mass is 16.1. The van der Waals surface area contributed by atoms with E-state index < -0.39 is 5.91 Å². The Morgan fingerprint density at radius 1 is 1.62 bits per heavy atom. The maximum Gasteiger partial charge on any atom is 0.267 e. The molecule has 5 N–H and O–H groups in total. The van der Waals surface area contributed by atoms with Crippen molar-refractivity contribution in [3.8, 4) is 0 Å². The average molecular weight is 180 g/mol. The summed E-state index contributed by atoms with van der Waals surface area (Å²) in [7, 11) is 0. The number of hydrogen-bond acceptors (Lipinski definition) is 4. The Balaban J connectivity index is 2.73. The van der Waals surface area contributed by atoms with Gasteiger partial charge in [0.25, 0.3) is 5.91 Å². The van der Waals surface area contributed by atoms with Crippen molar-refractivity contribution < 1.29 is 4.79 Å². The van der Waals surface area contributed by atoms with E-state index in [2.05, 4.69) is 10.3 Å². The zero-order valence-corrected chi connectivity index (χ0v) is 7.16. The lowest BCUT2D eigenvalue weighted by atomic mass is 10.3. The third-order valence-corrected chi connectivity index (χ3v) is 1.49. The summed E-state index contributed by atoms with van der Waals surface area (Å²) in [5.74, 6) is -0.531. The number of hydrogen-bond donors (Lipinski definition) is 3. The van der Waals surface area contributed by atoms with Crippen LogP contribution in [0.2, 0.25) is 0 Å². The van der Waals surface area contributed by atoms with Gasteiger partial charge in [-0.2, -0.15) is 0 Å². The molecular weight excluding hydrogens is 168 g/mol. The Kier molecular flexibility index (Phi) is 3.22. The molecule has 0 spiro atoms. The van der Waals surface area contributed by atoms with Gasteiger partial charge in [0.1, 0.15) is 5.69 Å². The number of aromatic nitrogens is 1. The highest BCUT2D eigenvalue weighted by molar-refractivity contribution is 5.91. The summed E-state index contributed by atoms with van der Waals surface area (Å²) in [5.41, 5.74) is 11.4. The smallest absolute Gasteiger partial charge is 0.267 e. The molecule has 1 heterocycles. The molecule has 0 aliphatic rings. The van der Waals surface area contributed by atoms with Crippen LogP contribution in [0.4, 0.5) is 5.69 Å². The molecule has 70 valence electrons. The first-order valence-electron chi connectivity index (χ1n) is 3.94. The monoisotopic (exact) mass is 180 g/mol. The third kappa shape index (κ3) is 2.72. The summed E-state index contributed by atoms with van der Waals surface area (Å²) >= 11 is 0. The number of nitrogens with one attached hydrogen (secondary N) is 1. The first kappa shape index (κ1) is 9.47. The second-order valence-electron chi connectivity index (χ2n) is 2.51. The molecule has 1 aromatic heterocycles. The minimum Gasteiger partial charge on any atom is -0.384 e. The van der Waals surface area contributed by atoms with E-state index >= 15 is 0 Å². The second-order valence-corrected chi connectivity index (χ2v) is 2.51. The van der Waals surface area contributed by atoms with Gasteiger partial charge in [-0.25, -0.2) is 0 Å². The van der Waals surface area contributed by atoms with E-state index in [1.165, 1.54) is 6.20 Å². The highest BCUT2D eigenvalue weighted by Crippen LogP contribution is 2.06. The Bertz CT molecular complexity index is 300. The molecule has 5 nitrogen and oxygen atoms in total. The number of carbonyl (C=O) groups is 1. The number of anilines is 1. The van der Waals surface area contributed by atoms with Gasteiger partial charge in [0.05, 0.1) is 0 Å². The van der Waals surface area contributed by atoms with Crippen molar-refractivity contribution in [2.75, 3.05) is 18.4 Å². The molecule has 0 radical (unpaired) electrons. The average Bonchev–Trinajstić information content (AvgIpc) is 2.15. The summed E-state index contributed by atoms with van der Waals surface area (Å²) in [6.07, 6.45) is 1.53. The van der Waals surface area contributed by atoms with Crippen molar-refractivity contribution in [2.45, 2.75) is 0 Å². The number of amides is 1. The molecule has 0 fully saturated rings. The zero-order chi connectivity index (χ0) is 9.68. The number of primary amides is 1. The van der Waals surface area contributed by atoms with E-state index in [-0.39, 0.29) is 5.69 Å². The van der Waals surface area contributed by atoms with Crippen LogP contribution in [0.15, 0.2) is 18.3 Å². The topological polar surface area (TPSA) is 94.0 Å². The van der Waals surface area contributed by atoms with Gasteiger partial charge in [-0.3, -0.25) is 9.78 Å². The molecule has 0 saturated heterocycles. The van der Waals surface area contributed by atoms with E-state index in [1.807, 2.05) is 0 Å². The van der Waals surface area contributed by atoms with Crippen molar-refractivity contribution in [3.63, 3.8) is 0 Å². The highest BCUT2D eigenvalue weighted by Gasteiger charge is 2.01. The lowest BCUT2D eigenvalue weighted by Crippen LogP contribution is -2.15. The van der Waals surface area contributed by atoms with E-state index in [4.69, 9.17) is 11.5 Å². The Hall–Kier alpha value is -1.62. The summed E-state index contributed by atoms with van der Waals surface area (Å²) in [4.78, 5) is 14.5. The number of rotatable bonds is 4. The van der Waals surface area contributed by atoms with Crippen molar-refractivity contribution in [1.82, 2.24) is 4.98 Å². The van der Waals surface area contributed by atoms with Crippen LogP contribution < -0.4 is 16.8 Å². The minimum atomic E-state index is -0.531. The normalized spacial score (nSPS) is 9.62. The predicted octanol–water partition coefficient (Wildman–Crippen LogP) is -0.449.